The number of nitrogens with zero attached hydrogens (tertiary/aromatic N) is 6. The van der Waals surface area contributed by atoms with Crippen LogP contribution in [0, 0.1) is 5.92 Å². The first-order valence-electron chi connectivity index (χ1n) is 8.61. The molecule has 0 aliphatic carbocycles. The predicted octanol–water partition coefficient (Wildman–Crippen LogP) is 1.24. The van der Waals surface area contributed by atoms with Crippen molar-refractivity contribution in [3.63, 3.8) is 0 Å². The van der Waals surface area contributed by atoms with Gasteiger partial charge in [-0.1, -0.05) is 6.92 Å². The first kappa shape index (κ1) is 16.6. The lowest BCUT2D eigenvalue weighted by molar-refractivity contribution is -0.117. The lowest BCUT2D eigenvalue weighted by Gasteiger charge is -2.32. The molecule has 0 saturated carbocycles. The summed E-state index contributed by atoms with van der Waals surface area (Å²) in [6, 6.07) is 1.84. The zero-order chi connectivity index (χ0) is 16.8. The molecule has 8 nitrogen and oxygen atoms in total. The van der Waals surface area contributed by atoms with E-state index < -0.39 is 0 Å². The van der Waals surface area contributed by atoms with Gasteiger partial charge in [-0.3, -0.25) is 14.4 Å². The van der Waals surface area contributed by atoms with Crippen LogP contribution in [0.3, 0.4) is 0 Å². The number of likely N-dealkylation sites (tertiary alicyclic amines) is 1. The molecule has 1 aliphatic rings. The number of aromatic nitrogens is 5. The van der Waals surface area contributed by atoms with E-state index in [0.717, 1.165) is 44.8 Å². The summed E-state index contributed by atoms with van der Waals surface area (Å²) in [4.78, 5) is 18.5. The summed E-state index contributed by atoms with van der Waals surface area (Å²) in [6.07, 6.45) is 8.30. The molecule has 0 unspecified atom stereocenters. The SMILES string of the molecule is CCCn1nccc1NC(=O)CN1CCC[C@@H](Cn2cncn2)C1. The summed E-state index contributed by atoms with van der Waals surface area (Å²) in [7, 11) is 0. The molecule has 1 atom stereocenters. The Balaban J connectivity index is 1.49. The summed E-state index contributed by atoms with van der Waals surface area (Å²) >= 11 is 0. The maximum Gasteiger partial charge on any atom is 0.239 e. The minimum absolute atomic E-state index is 0.0225. The second-order valence-corrected chi connectivity index (χ2v) is 6.35. The van der Waals surface area contributed by atoms with Crippen molar-refractivity contribution in [3.8, 4) is 0 Å². The third-order valence-electron chi connectivity index (χ3n) is 4.30. The molecule has 0 spiro atoms. The monoisotopic (exact) mass is 331 g/mol. The van der Waals surface area contributed by atoms with Crippen molar-refractivity contribution in [2.24, 2.45) is 5.92 Å². The fraction of sp³-hybridized carbons (Fsp3) is 0.625. The van der Waals surface area contributed by atoms with Crippen LogP contribution in [-0.2, 0) is 17.9 Å². The first-order valence-corrected chi connectivity index (χ1v) is 8.61. The van der Waals surface area contributed by atoms with E-state index in [9.17, 15) is 4.79 Å². The number of piperidine rings is 1. The summed E-state index contributed by atoms with van der Waals surface area (Å²) < 4.78 is 3.71. The Kier molecular flexibility index (Phi) is 5.58. The van der Waals surface area contributed by atoms with Crippen molar-refractivity contribution >= 4 is 11.7 Å². The van der Waals surface area contributed by atoms with E-state index in [1.54, 1.807) is 18.9 Å². The molecule has 1 amide bonds. The van der Waals surface area contributed by atoms with Crippen LogP contribution in [0.2, 0.25) is 0 Å². The molecule has 1 aliphatic heterocycles. The molecule has 1 N–H and O–H groups in total. The highest BCUT2D eigenvalue weighted by atomic mass is 16.2. The summed E-state index contributed by atoms with van der Waals surface area (Å²) in [5.74, 6) is 1.31. The third-order valence-corrected chi connectivity index (χ3v) is 4.30. The van der Waals surface area contributed by atoms with Gasteiger partial charge in [-0.15, -0.1) is 0 Å². The van der Waals surface area contributed by atoms with E-state index in [0.29, 0.717) is 12.5 Å². The van der Waals surface area contributed by atoms with Crippen molar-refractivity contribution in [1.82, 2.24) is 29.4 Å². The van der Waals surface area contributed by atoms with Crippen molar-refractivity contribution in [2.75, 3.05) is 25.0 Å². The van der Waals surface area contributed by atoms with Gasteiger partial charge in [-0.2, -0.15) is 10.2 Å². The number of nitrogens with one attached hydrogen (secondary N) is 1. The average molecular weight is 331 g/mol. The van der Waals surface area contributed by atoms with Gasteiger partial charge in [0, 0.05) is 25.7 Å². The normalized spacial score (nSPS) is 18.6. The smallest absolute Gasteiger partial charge is 0.239 e. The van der Waals surface area contributed by atoms with E-state index >= 15 is 0 Å². The zero-order valence-electron chi connectivity index (χ0n) is 14.1. The van der Waals surface area contributed by atoms with Crippen molar-refractivity contribution in [3.05, 3.63) is 24.9 Å². The molecule has 1 saturated heterocycles. The van der Waals surface area contributed by atoms with Gasteiger partial charge in [-0.05, 0) is 31.7 Å². The highest BCUT2D eigenvalue weighted by Crippen LogP contribution is 2.18. The Morgan fingerprint density at radius 1 is 1.42 bits per heavy atom. The predicted molar refractivity (Wildman–Crippen MR) is 90.3 cm³/mol. The standard InChI is InChI=1S/C16H25N7O/c1-2-7-23-15(5-6-18-23)20-16(24)11-21-8-3-4-14(9-21)10-22-13-17-12-19-22/h5-6,12-14H,2-4,7-11H2,1H3,(H,20,24)/t14-/m1/s1. The second kappa shape index (κ2) is 8.05. The number of anilines is 1. The van der Waals surface area contributed by atoms with Crippen molar-refractivity contribution in [2.45, 2.75) is 39.3 Å². The first-order chi connectivity index (χ1) is 11.7. The number of carbonyl (C=O) groups excluding carboxylic acids is 1. The van der Waals surface area contributed by atoms with E-state index in [4.69, 9.17) is 0 Å². The highest BCUT2D eigenvalue weighted by molar-refractivity contribution is 5.91. The van der Waals surface area contributed by atoms with Crippen LogP contribution in [0.25, 0.3) is 0 Å². The molecular weight excluding hydrogens is 306 g/mol. The van der Waals surface area contributed by atoms with Gasteiger partial charge in [0.2, 0.25) is 5.91 Å². The lowest BCUT2D eigenvalue weighted by atomic mass is 9.98. The molecule has 24 heavy (non-hydrogen) atoms. The Morgan fingerprint density at radius 2 is 2.33 bits per heavy atom. The van der Waals surface area contributed by atoms with Gasteiger partial charge in [0.1, 0.15) is 18.5 Å². The fourth-order valence-electron chi connectivity index (χ4n) is 3.25. The molecular formula is C16H25N7O. The van der Waals surface area contributed by atoms with Gasteiger partial charge >= 0.3 is 0 Å². The van der Waals surface area contributed by atoms with Crippen LogP contribution in [0.4, 0.5) is 5.82 Å². The fourth-order valence-corrected chi connectivity index (χ4v) is 3.25. The number of aryl methyl sites for hydroxylation is 1. The third kappa shape index (κ3) is 4.41. The number of rotatable bonds is 7. The highest BCUT2D eigenvalue weighted by Gasteiger charge is 2.22. The molecule has 3 rings (SSSR count). The Hall–Kier alpha value is -2.22. The molecule has 1 fully saturated rings. The Labute approximate surface area is 141 Å². The number of hydrogen-bond donors (Lipinski definition) is 1. The maximum absolute atomic E-state index is 12.3. The summed E-state index contributed by atoms with van der Waals surface area (Å²) in [5.41, 5.74) is 0. The van der Waals surface area contributed by atoms with Crippen LogP contribution in [0.1, 0.15) is 26.2 Å². The Bertz CT molecular complexity index is 637. The summed E-state index contributed by atoms with van der Waals surface area (Å²) in [6.45, 7) is 6.08. The maximum atomic E-state index is 12.3. The zero-order valence-corrected chi connectivity index (χ0v) is 14.1. The molecule has 130 valence electrons. The van der Waals surface area contributed by atoms with Crippen LogP contribution in [0.15, 0.2) is 24.9 Å². The number of hydrogen-bond acceptors (Lipinski definition) is 5. The van der Waals surface area contributed by atoms with Crippen molar-refractivity contribution < 1.29 is 4.79 Å². The molecule has 2 aromatic heterocycles. The van der Waals surface area contributed by atoms with E-state index in [1.165, 1.54) is 6.42 Å². The number of carbonyl (C=O) groups is 1. The molecule has 2 aromatic rings. The van der Waals surface area contributed by atoms with Crippen LogP contribution < -0.4 is 5.32 Å². The number of amides is 1. The molecule has 3 heterocycles. The van der Waals surface area contributed by atoms with E-state index in [1.807, 2.05) is 15.4 Å². The molecule has 8 heteroatoms. The second-order valence-electron chi connectivity index (χ2n) is 6.35. The van der Waals surface area contributed by atoms with Gasteiger partial charge in [0.25, 0.3) is 0 Å². The largest absolute Gasteiger partial charge is 0.310 e. The lowest BCUT2D eigenvalue weighted by Crippen LogP contribution is -2.41. The minimum atomic E-state index is 0.0225. The van der Waals surface area contributed by atoms with Gasteiger partial charge in [0.05, 0.1) is 12.7 Å². The topological polar surface area (TPSA) is 80.9 Å². The van der Waals surface area contributed by atoms with Gasteiger partial charge in [0.15, 0.2) is 0 Å². The van der Waals surface area contributed by atoms with E-state index in [-0.39, 0.29) is 5.91 Å². The average Bonchev–Trinajstić information content (AvgIpc) is 3.21. The van der Waals surface area contributed by atoms with E-state index in [2.05, 4.69) is 32.3 Å². The molecule has 0 radical (unpaired) electrons. The summed E-state index contributed by atoms with van der Waals surface area (Å²) in [5, 5.41) is 11.4. The quantitative estimate of drug-likeness (QED) is 0.825. The van der Waals surface area contributed by atoms with Crippen LogP contribution >= 0.6 is 0 Å². The van der Waals surface area contributed by atoms with Crippen LogP contribution in [0.5, 0.6) is 0 Å². The van der Waals surface area contributed by atoms with Crippen molar-refractivity contribution in [1.29, 1.82) is 0 Å². The van der Waals surface area contributed by atoms with Crippen LogP contribution in [-0.4, -0.2) is 55.0 Å². The molecule has 0 bridgehead atoms. The van der Waals surface area contributed by atoms with Gasteiger partial charge < -0.3 is 5.32 Å². The minimum Gasteiger partial charge on any atom is -0.310 e. The Morgan fingerprint density at radius 3 is 3.12 bits per heavy atom. The van der Waals surface area contributed by atoms with Gasteiger partial charge in [-0.25, -0.2) is 9.67 Å². The molecule has 0 aromatic carbocycles.